The van der Waals surface area contributed by atoms with Gasteiger partial charge in [-0.1, -0.05) is 11.6 Å². The highest BCUT2D eigenvalue weighted by molar-refractivity contribution is 6.36. The van der Waals surface area contributed by atoms with Gasteiger partial charge in [-0.05, 0) is 33.6 Å². The lowest BCUT2D eigenvalue weighted by Gasteiger charge is -2.22. The average Bonchev–Trinajstić information content (AvgIpc) is 3.11. The molecular formula is C24H26ClF2N5O4. The molecule has 1 spiro atoms. The summed E-state index contributed by atoms with van der Waals surface area (Å²) in [4.78, 5) is 33.2. The van der Waals surface area contributed by atoms with E-state index in [9.17, 15) is 14.0 Å². The number of pyridine rings is 1. The van der Waals surface area contributed by atoms with E-state index in [0.29, 0.717) is 24.2 Å². The Labute approximate surface area is 210 Å². The number of amides is 2. The second-order valence-corrected chi connectivity index (χ2v) is 10.7. The number of carbonyl (C=O) groups excluding carboxylic acids is 2. The van der Waals surface area contributed by atoms with Gasteiger partial charge in [-0.25, -0.2) is 23.4 Å². The normalized spacial score (nSPS) is 21.3. The number of rotatable bonds is 3. The van der Waals surface area contributed by atoms with Crippen molar-refractivity contribution >= 4 is 51.4 Å². The van der Waals surface area contributed by atoms with Crippen LogP contribution in [-0.2, 0) is 4.74 Å². The Bertz CT molecular complexity index is 1410. The van der Waals surface area contributed by atoms with Crippen LogP contribution < -0.4 is 20.3 Å². The number of halogens is 3. The molecule has 1 aromatic carbocycles. The minimum absolute atomic E-state index is 0.0573. The maximum Gasteiger partial charge on any atom is 0.412 e. The fraction of sp³-hybridized carbons (Fsp3) is 0.458. The summed E-state index contributed by atoms with van der Waals surface area (Å²) in [5.41, 5.74) is 0.102. The standard InChI is InChI=1S/C24H26ClF2N5O4/c1-23(2,3)36-22(34)30-14-8-24(14)5-6-32(10-24)19-11(25)9-29-20-16(19)15-17(27)12(26)7-13(18(15)31-20)35-21(33)28-4/h7,9,14H,5-6,8,10H2,1-4H3,(H,28,33)(H,29,31)(H,30,34)/t14-,24+/m0/s1. The third kappa shape index (κ3) is 4.15. The van der Waals surface area contributed by atoms with E-state index in [2.05, 4.69) is 20.6 Å². The van der Waals surface area contributed by atoms with Gasteiger partial charge in [-0.3, -0.25) is 0 Å². The van der Waals surface area contributed by atoms with Crippen molar-refractivity contribution < 1.29 is 27.8 Å². The molecule has 1 aliphatic carbocycles. The van der Waals surface area contributed by atoms with E-state index in [1.807, 2.05) is 4.90 Å². The van der Waals surface area contributed by atoms with Crippen molar-refractivity contribution in [3.05, 3.63) is 28.9 Å². The third-order valence-electron chi connectivity index (χ3n) is 6.67. The van der Waals surface area contributed by atoms with Crippen LogP contribution in [0.15, 0.2) is 12.3 Å². The molecule has 192 valence electrons. The minimum Gasteiger partial charge on any atom is -0.444 e. The molecule has 2 aliphatic rings. The molecule has 2 amide bonds. The molecule has 3 N–H and O–H groups in total. The van der Waals surface area contributed by atoms with Crippen LogP contribution in [0.4, 0.5) is 24.1 Å². The van der Waals surface area contributed by atoms with E-state index >= 15 is 4.39 Å². The number of carbonyl (C=O) groups is 2. The van der Waals surface area contributed by atoms with Gasteiger partial charge in [0.1, 0.15) is 11.2 Å². The Morgan fingerprint density at radius 2 is 2.03 bits per heavy atom. The quantitative estimate of drug-likeness (QED) is 0.454. The first kappa shape index (κ1) is 24.4. The van der Waals surface area contributed by atoms with Crippen LogP contribution in [0.5, 0.6) is 5.75 Å². The Morgan fingerprint density at radius 3 is 2.72 bits per heavy atom. The van der Waals surface area contributed by atoms with Crippen LogP contribution >= 0.6 is 11.6 Å². The van der Waals surface area contributed by atoms with Gasteiger partial charge in [-0.15, -0.1) is 0 Å². The van der Waals surface area contributed by atoms with E-state index in [0.717, 1.165) is 18.9 Å². The predicted octanol–water partition coefficient (Wildman–Crippen LogP) is 4.86. The minimum atomic E-state index is -1.17. The molecule has 5 rings (SSSR count). The number of hydrogen-bond acceptors (Lipinski definition) is 6. The van der Waals surface area contributed by atoms with Crippen molar-refractivity contribution in [1.82, 2.24) is 20.6 Å². The van der Waals surface area contributed by atoms with Crippen molar-refractivity contribution in [2.45, 2.75) is 45.3 Å². The average molecular weight is 522 g/mol. The number of aromatic nitrogens is 2. The lowest BCUT2D eigenvalue weighted by atomic mass is 10.1. The van der Waals surface area contributed by atoms with Crippen LogP contribution in [0.3, 0.4) is 0 Å². The molecule has 0 unspecified atom stereocenters. The molecule has 1 saturated carbocycles. The van der Waals surface area contributed by atoms with Crippen molar-refractivity contribution in [3.63, 3.8) is 0 Å². The number of fused-ring (bicyclic) bond motifs is 3. The monoisotopic (exact) mass is 521 g/mol. The van der Waals surface area contributed by atoms with Crippen LogP contribution in [-0.4, -0.2) is 53.9 Å². The summed E-state index contributed by atoms with van der Waals surface area (Å²) in [6.07, 6.45) is 1.69. The van der Waals surface area contributed by atoms with E-state index in [1.165, 1.54) is 13.2 Å². The van der Waals surface area contributed by atoms with Crippen molar-refractivity contribution in [1.29, 1.82) is 0 Å². The summed E-state index contributed by atoms with van der Waals surface area (Å²) in [6, 6.07) is 0.754. The van der Waals surface area contributed by atoms with Crippen LogP contribution in [0.25, 0.3) is 21.9 Å². The number of benzene rings is 1. The number of nitrogens with one attached hydrogen (secondary N) is 3. The molecule has 3 aromatic rings. The predicted molar refractivity (Wildman–Crippen MR) is 131 cm³/mol. The Balaban J connectivity index is 1.51. The molecule has 36 heavy (non-hydrogen) atoms. The number of hydrogen-bond donors (Lipinski definition) is 3. The zero-order valence-electron chi connectivity index (χ0n) is 20.2. The van der Waals surface area contributed by atoms with Gasteiger partial charge in [-0.2, -0.15) is 0 Å². The topological polar surface area (TPSA) is 109 Å². The molecule has 2 atom stereocenters. The van der Waals surface area contributed by atoms with Crippen LogP contribution in [0.2, 0.25) is 5.02 Å². The zero-order chi connectivity index (χ0) is 26.0. The van der Waals surface area contributed by atoms with Crippen LogP contribution in [0.1, 0.15) is 33.6 Å². The van der Waals surface area contributed by atoms with Gasteiger partial charge in [0.05, 0.1) is 33.2 Å². The molecule has 2 fully saturated rings. The Hall–Kier alpha value is -3.34. The first-order chi connectivity index (χ1) is 16.9. The highest BCUT2D eigenvalue weighted by atomic mass is 35.5. The largest absolute Gasteiger partial charge is 0.444 e. The number of H-pyrrole nitrogens is 1. The lowest BCUT2D eigenvalue weighted by Crippen LogP contribution is -2.36. The second-order valence-electron chi connectivity index (χ2n) is 10.3. The number of anilines is 1. The number of alkyl carbamates (subject to hydrolysis) is 1. The number of ether oxygens (including phenoxy) is 2. The summed E-state index contributed by atoms with van der Waals surface area (Å²) >= 11 is 6.57. The highest BCUT2D eigenvalue weighted by Crippen LogP contribution is 2.55. The molecular weight excluding hydrogens is 496 g/mol. The molecule has 3 heterocycles. The third-order valence-corrected chi connectivity index (χ3v) is 6.95. The number of nitrogens with zero attached hydrogens (tertiary/aromatic N) is 2. The van der Waals surface area contributed by atoms with Gasteiger partial charge >= 0.3 is 12.2 Å². The van der Waals surface area contributed by atoms with Gasteiger partial charge in [0.2, 0.25) is 0 Å². The number of aromatic amines is 1. The molecule has 9 nitrogen and oxygen atoms in total. The first-order valence-corrected chi connectivity index (χ1v) is 11.9. The first-order valence-electron chi connectivity index (χ1n) is 11.5. The highest BCUT2D eigenvalue weighted by Gasteiger charge is 2.58. The summed E-state index contributed by atoms with van der Waals surface area (Å²) in [5.74, 6) is -2.45. The summed E-state index contributed by atoms with van der Waals surface area (Å²) in [7, 11) is 1.36. The summed E-state index contributed by atoms with van der Waals surface area (Å²) in [5, 5.41) is 5.69. The lowest BCUT2D eigenvalue weighted by molar-refractivity contribution is 0.0516. The molecule has 1 saturated heterocycles. The van der Waals surface area contributed by atoms with Gasteiger partial charge in [0.15, 0.2) is 17.4 Å². The van der Waals surface area contributed by atoms with E-state index in [1.54, 1.807) is 20.8 Å². The fourth-order valence-corrected chi connectivity index (χ4v) is 5.23. The van der Waals surface area contributed by atoms with E-state index < -0.39 is 29.4 Å². The zero-order valence-corrected chi connectivity index (χ0v) is 21.0. The SMILES string of the molecule is CNC(=O)Oc1cc(F)c(F)c2c1[nH]c1ncc(Cl)c(N3CC[C@@]4(C[C@@H]4NC(=O)OC(C)(C)C)C3)c12. The van der Waals surface area contributed by atoms with E-state index in [-0.39, 0.29) is 38.8 Å². The van der Waals surface area contributed by atoms with Crippen LogP contribution in [0, 0.1) is 17.0 Å². The van der Waals surface area contributed by atoms with Crippen molar-refractivity contribution in [2.24, 2.45) is 5.41 Å². The van der Waals surface area contributed by atoms with Gasteiger partial charge < -0.3 is 30.0 Å². The van der Waals surface area contributed by atoms with Gasteiger partial charge in [0, 0.05) is 37.7 Å². The molecule has 2 aromatic heterocycles. The smallest absolute Gasteiger partial charge is 0.412 e. The maximum absolute atomic E-state index is 15.2. The molecule has 1 aliphatic heterocycles. The Morgan fingerprint density at radius 1 is 1.28 bits per heavy atom. The molecule has 12 heteroatoms. The summed E-state index contributed by atoms with van der Waals surface area (Å²) < 4.78 is 40.3. The van der Waals surface area contributed by atoms with Crippen molar-refractivity contribution in [2.75, 3.05) is 25.0 Å². The molecule has 0 radical (unpaired) electrons. The van der Waals surface area contributed by atoms with Crippen molar-refractivity contribution in [3.8, 4) is 5.75 Å². The summed E-state index contributed by atoms with van der Waals surface area (Å²) in [6.45, 7) is 6.56. The maximum atomic E-state index is 15.2. The van der Waals surface area contributed by atoms with Gasteiger partial charge in [0.25, 0.3) is 0 Å². The molecule has 0 bridgehead atoms. The second kappa shape index (κ2) is 8.36. The fourth-order valence-electron chi connectivity index (χ4n) is 4.97. The Kier molecular flexibility index (Phi) is 5.66. The van der Waals surface area contributed by atoms with E-state index in [4.69, 9.17) is 21.1 Å².